The maximum absolute atomic E-state index is 11.0. The third-order valence-electron chi connectivity index (χ3n) is 1.71. The topological polar surface area (TPSA) is 37.4 Å². The van der Waals surface area contributed by atoms with Crippen molar-refractivity contribution in [3.63, 3.8) is 0 Å². The summed E-state index contributed by atoms with van der Waals surface area (Å²) in [6.07, 6.45) is 3.07. The van der Waals surface area contributed by atoms with Gasteiger partial charge in [0.15, 0.2) is 0 Å². The molecule has 0 fully saturated rings. The number of benzene rings is 1. The smallest absolute Gasteiger partial charge is 0.378 e. The van der Waals surface area contributed by atoms with Crippen LogP contribution in [0.4, 0.5) is 5.69 Å². The minimum absolute atomic E-state index is 0. The molecule has 0 aliphatic heterocycles. The van der Waals surface area contributed by atoms with Crippen LogP contribution >= 0.6 is 0 Å². The summed E-state index contributed by atoms with van der Waals surface area (Å²) < 4.78 is 22.0. The minimum Gasteiger partial charge on any atom is -0.378 e. The van der Waals surface area contributed by atoms with Crippen molar-refractivity contribution < 1.29 is 27.3 Å². The van der Waals surface area contributed by atoms with Crippen LogP contribution in [0.3, 0.4) is 0 Å². The van der Waals surface area contributed by atoms with Crippen LogP contribution in [0.15, 0.2) is 29.2 Å². The van der Waals surface area contributed by atoms with Crippen LogP contribution < -0.4 is 23.8 Å². The van der Waals surface area contributed by atoms with E-state index in [-0.39, 0.29) is 23.8 Å². The van der Waals surface area contributed by atoms with Crippen molar-refractivity contribution in [1.82, 2.24) is 0 Å². The van der Waals surface area contributed by atoms with Gasteiger partial charge in [0.1, 0.15) is 0 Å². The van der Waals surface area contributed by atoms with Crippen LogP contribution in [0, 0.1) is 6.26 Å². The Morgan fingerprint density at radius 2 is 1.57 bits per heavy atom. The Bertz CT molecular complexity index is 384. The minimum atomic E-state index is -3.31. The van der Waals surface area contributed by atoms with Crippen LogP contribution in [-0.4, -0.2) is 22.5 Å². The normalized spacial score (nSPS) is 10.5. The Hall–Kier alpha value is -0.433. The Balaban J connectivity index is 0.00000169. The van der Waals surface area contributed by atoms with E-state index in [0.717, 1.165) is 5.69 Å². The first-order chi connectivity index (χ1) is 5.91. The summed E-state index contributed by atoms with van der Waals surface area (Å²) in [7, 11) is 0.479. The van der Waals surface area contributed by atoms with Gasteiger partial charge < -0.3 is 4.90 Å². The first-order valence-corrected chi connectivity index (χ1v) is 5.42. The Labute approximate surface area is 97.2 Å². The average Bonchev–Trinajstić information content (AvgIpc) is 2.03. The molecule has 72 valence electrons. The van der Waals surface area contributed by atoms with Gasteiger partial charge in [-0.05, 0) is 24.3 Å². The average molecular weight is 205 g/mol. The molecule has 1 aromatic carbocycles. The number of anilines is 1. The Morgan fingerprint density at radius 3 is 1.86 bits per heavy atom. The van der Waals surface area contributed by atoms with E-state index < -0.39 is 9.84 Å². The molecule has 1 rings (SSSR count). The second-order valence-corrected chi connectivity index (χ2v) is 4.70. The van der Waals surface area contributed by atoms with Crippen molar-refractivity contribution in [2.75, 3.05) is 19.0 Å². The first-order valence-electron chi connectivity index (χ1n) is 3.77. The molecule has 0 saturated heterocycles. The van der Waals surface area contributed by atoms with Crippen LogP contribution in [0.2, 0.25) is 0 Å². The van der Waals surface area contributed by atoms with Crippen LogP contribution in [0.25, 0.3) is 0 Å². The second-order valence-electron chi connectivity index (χ2n) is 3.00. The third kappa shape index (κ3) is 3.37. The van der Waals surface area contributed by atoms with E-state index in [0.29, 0.717) is 0 Å². The van der Waals surface area contributed by atoms with E-state index in [1.165, 1.54) is 0 Å². The molecule has 0 saturated carbocycles. The summed E-state index contributed by atoms with van der Waals surface area (Å²) in [5.74, 6) is 0. The van der Waals surface area contributed by atoms with Gasteiger partial charge in [-0.1, -0.05) is 0 Å². The molecule has 3 nitrogen and oxygen atoms in total. The quantitative estimate of drug-likeness (QED) is 0.427. The Morgan fingerprint density at radius 1 is 1.14 bits per heavy atom. The van der Waals surface area contributed by atoms with E-state index in [4.69, 9.17) is 0 Å². The van der Waals surface area contributed by atoms with Crippen molar-refractivity contribution in [2.24, 2.45) is 0 Å². The molecule has 1 aromatic rings. The second kappa shape index (κ2) is 4.88. The molecule has 5 heteroatoms. The van der Waals surface area contributed by atoms with Gasteiger partial charge in [0.2, 0.25) is 0 Å². The fraction of sp³-hybridized carbons (Fsp3) is 0.222. The van der Waals surface area contributed by atoms with E-state index in [2.05, 4.69) is 6.26 Å². The molecule has 0 bridgehead atoms. The van der Waals surface area contributed by atoms with Gasteiger partial charge in [0.25, 0.3) is 0 Å². The molecule has 0 amide bonds. The van der Waals surface area contributed by atoms with Crippen LogP contribution in [-0.2, 0) is 9.84 Å². The van der Waals surface area contributed by atoms with E-state index in [1.54, 1.807) is 24.3 Å². The summed E-state index contributed by atoms with van der Waals surface area (Å²) >= 11 is 0. The maximum Gasteiger partial charge on any atom is 1.00 e. The molecule has 0 aliphatic carbocycles. The number of hydrogen-bond donors (Lipinski definition) is 0. The third-order valence-corrected chi connectivity index (χ3v) is 2.70. The SMILES string of the molecule is [CH2-]S(=O)(=O)c1ccc(N(C)C)cc1.[Li+]. The molecule has 0 atom stereocenters. The van der Waals surface area contributed by atoms with Crippen LogP contribution in [0.1, 0.15) is 0 Å². The molecular formula is C9H12LiNO2S. The molecular weight excluding hydrogens is 193 g/mol. The molecule has 0 aromatic heterocycles. The zero-order chi connectivity index (χ0) is 10.1. The molecule has 0 radical (unpaired) electrons. The molecule has 0 spiro atoms. The largest absolute Gasteiger partial charge is 1.00 e. The van der Waals surface area contributed by atoms with E-state index in [1.807, 2.05) is 19.0 Å². The zero-order valence-electron chi connectivity index (χ0n) is 8.69. The number of nitrogens with zero attached hydrogens (tertiary/aromatic N) is 1. The fourth-order valence-corrected chi connectivity index (χ4v) is 1.50. The summed E-state index contributed by atoms with van der Waals surface area (Å²) in [6, 6.07) is 6.60. The standard InChI is InChI=1S/C9H12NO2S.Li/c1-10(2)8-4-6-9(7-5-8)13(3,11)12;/h4-7H,3H2,1-2H3;/q-1;+1. The van der Waals surface area contributed by atoms with Gasteiger partial charge in [-0.15, -0.1) is 0 Å². The summed E-state index contributed by atoms with van der Waals surface area (Å²) in [5, 5.41) is 0. The molecule has 14 heavy (non-hydrogen) atoms. The predicted molar refractivity (Wildman–Crippen MR) is 53.3 cm³/mol. The van der Waals surface area contributed by atoms with Crippen molar-refractivity contribution in [1.29, 1.82) is 0 Å². The molecule has 0 N–H and O–H groups in total. The van der Waals surface area contributed by atoms with E-state index >= 15 is 0 Å². The van der Waals surface area contributed by atoms with Gasteiger partial charge in [-0.2, -0.15) is 0 Å². The Kier molecular flexibility index (Phi) is 4.73. The molecule has 0 heterocycles. The van der Waals surface area contributed by atoms with Gasteiger partial charge in [-0.25, -0.2) is 6.26 Å². The maximum atomic E-state index is 11.0. The van der Waals surface area contributed by atoms with Gasteiger partial charge >= 0.3 is 18.9 Å². The zero-order valence-corrected chi connectivity index (χ0v) is 9.50. The van der Waals surface area contributed by atoms with Gasteiger partial charge in [0, 0.05) is 34.5 Å². The number of sulfone groups is 1. The van der Waals surface area contributed by atoms with E-state index in [9.17, 15) is 8.42 Å². The number of rotatable bonds is 2. The van der Waals surface area contributed by atoms with Crippen molar-refractivity contribution in [3.05, 3.63) is 30.5 Å². The first kappa shape index (κ1) is 13.6. The fourth-order valence-electron chi connectivity index (χ4n) is 0.952. The summed E-state index contributed by atoms with van der Waals surface area (Å²) in [4.78, 5) is 2.15. The van der Waals surface area contributed by atoms with Gasteiger partial charge in [-0.3, -0.25) is 8.42 Å². The summed E-state index contributed by atoms with van der Waals surface area (Å²) in [5.41, 5.74) is 0.965. The van der Waals surface area contributed by atoms with Crippen LogP contribution in [0.5, 0.6) is 0 Å². The van der Waals surface area contributed by atoms with Crippen molar-refractivity contribution >= 4 is 15.5 Å². The monoisotopic (exact) mass is 205 g/mol. The predicted octanol–water partition coefficient (Wildman–Crippen LogP) is -1.68. The number of hydrogen-bond acceptors (Lipinski definition) is 3. The van der Waals surface area contributed by atoms with Crippen molar-refractivity contribution in [3.8, 4) is 0 Å². The summed E-state index contributed by atoms with van der Waals surface area (Å²) in [6.45, 7) is 0. The van der Waals surface area contributed by atoms with Gasteiger partial charge in [0.05, 0.1) is 0 Å². The molecule has 0 aliphatic rings. The molecule has 0 unspecified atom stereocenters. The van der Waals surface area contributed by atoms with Crippen molar-refractivity contribution in [2.45, 2.75) is 4.90 Å².